The van der Waals surface area contributed by atoms with E-state index in [0.717, 1.165) is 41.8 Å². The number of hydrogen-bond acceptors (Lipinski definition) is 5. The van der Waals surface area contributed by atoms with Gasteiger partial charge >= 0.3 is 0 Å². The lowest BCUT2D eigenvalue weighted by molar-refractivity contribution is -0.130. The Morgan fingerprint density at radius 1 is 1.28 bits per heavy atom. The molecule has 0 spiro atoms. The van der Waals surface area contributed by atoms with Crippen molar-refractivity contribution in [1.29, 1.82) is 0 Å². The first-order valence-electron chi connectivity index (χ1n) is 12.0. The first-order valence-corrected chi connectivity index (χ1v) is 12.4. The van der Waals surface area contributed by atoms with Gasteiger partial charge in [0, 0.05) is 41.2 Å². The van der Waals surface area contributed by atoms with E-state index in [1.54, 1.807) is 6.20 Å². The molecule has 0 bridgehead atoms. The van der Waals surface area contributed by atoms with Crippen LogP contribution in [0.4, 0.5) is 10.3 Å². The summed E-state index contributed by atoms with van der Waals surface area (Å²) in [6.07, 6.45) is 7.57. The molecule has 2 amide bonds. The number of hydrogen-bond donors (Lipinski definition) is 4. The highest BCUT2D eigenvalue weighted by molar-refractivity contribution is 6.33. The van der Waals surface area contributed by atoms with E-state index in [9.17, 15) is 14.0 Å². The number of aromatic amines is 1. The Kier molecular flexibility index (Phi) is 6.20. The van der Waals surface area contributed by atoms with Gasteiger partial charge < -0.3 is 20.9 Å². The monoisotopic (exact) mass is 510 g/mol. The molecule has 2 unspecified atom stereocenters. The minimum atomic E-state index is -1.79. The Hall–Kier alpha value is -3.46. The van der Waals surface area contributed by atoms with E-state index in [2.05, 4.69) is 37.5 Å². The number of anilines is 1. The van der Waals surface area contributed by atoms with Crippen molar-refractivity contribution in [2.75, 3.05) is 5.32 Å². The molecule has 0 aliphatic heterocycles. The third-order valence-electron chi connectivity index (χ3n) is 7.20. The fraction of sp³-hybridized carbons (Fsp3) is 0.385. The molecule has 8 nitrogen and oxygen atoms in total. The summed E-state index contributed by atoms with van der Waals surface area (Å²) in [6.45, 7) is 4.72. The minimum Gasteiger partial charge on any atom is -0.360 e. The van der Waals surface area contributed by atoms with Crippen molar-refractivity contribution in [3.8, 4) is 11.3 Å². The summed E-state index contributed by atoms with van der Waals surface area (Å²) < 4.78 is 14.7. The largest absolute Gasteiger partial charge is 0.360 e. The third-order valence-corrected chi connectivity index (χ3v) is 7.48. The lowest BCUT2D eigenvalue weighted by Gasteiger charge is -2.32. The topological polar surface area (TPSA) is 112 Å². The van der Waals surface area contributed by atoms with Gasteiger partial charge in [-0.05, 0) is 44.7 Å². The van der Waals surface area contributed by atoms with Crippen LogP contribution in [0.3, 0.4) is 0 Å². The predicted molar refractivity (Wildman–Crippen MR) is 137 cm³/mol. The molecule has 2 saturated carbocycles. The van der Waals surface area contributed by atoms with Crippen molar-refractivity contribution in [2.24, 2.45) is 0 Å². The first kappa shape index (κ1) is 24.2. The van der Waals surface area contributed by atoms with E-state index in [1.165, 1.54) is 6.92 Å². The van der Waals surface area contributed by atoms with Gasteiger partial charge in [0.1, 0.15) is 5.67 Å². The molecule has 0 radical (unpaired) electrons. The summed E-state index contributed by atoms with van der Waals surface area (Å²) in [6, 6.07) is 7.76. The number of nitrogens with zero attached hydrogens (tertiary/aromatic N) is 2. The SMILES string of the molecule is C=CC(=O)NC1(C(=O)N[C@H]2CCC[C@@H](Nc3ncc(Cl)c(-c4c[nH]c5ccccc45)n3)C2)CC1(C)F. The second-order valence-electron chi connectivity index (χ2n) is 9.79. The smallest absolute Gasteiger partial charge is 0.249 e. The van der Waals surface area contributed by atoms with Gasteiger partial charge in [-0.1, -0.05) is 36.4 Å². The summed E-state index contributed by atoms with van der Waals surface area (Å²) in [7, 11) is 0. The molecule has 1 aromatic carbocycles. The van der Waals surface area contributed by atoms with Crippen molar-refractivity contribution in [2.45, 2.75) is 62.3 Å². The molecule has 2 aliphatic rings. The van der Waals surface area contributed by atoms with Crippen molar-refractivity contribution in [3.05, 3.63) is 54.3 Å². The molecule has 4 atom stereocenters. The molecule has 188 valence electrons. The predicted octanol–water partition coefficient (Wildman–Crippen LogP) is 4.29. The molecule has 5 rings (SSSR count). The van der Waals surface area contributed by atoms with Gasteiger partial charge in [-0.2, -0.15) is 0 Å². The van der Waals surface area contributed by atoms with Gasteiger partial charge in [-0.15, -0.1) is 0 Å². The fourth-order valence-electron chi connectivity index (χ4n) is 5.10. The lowest BCUT2D eigenvalue weighted by Crippen LogP contribution is -2.55. The van der Waals surface area contributed by atoms with E-state index < -0.39 is 23.0 Å². The zero-order valence-corrected chi connectivity index (χ0v) is 20.7. The fourth-order valence-corrected chi connectivity index (χ4v) is 5.29. The highest BCUT2D eigenvalue weighted by Gasteiger charge is 2.72. The van der Waals surface area contributed by atoms with Crippen LogP contribution >= 0.6 is 11.6 Å². The number of halogens is 2. The van der Waals surface area contributed by atoms with Crippen molar-refractivity contribution < 1.29 is 14.0 Å². The van der Waals surface area contributed by atoms with E-state index in [0.29, 0.717) is 23.1 Å². The molecule has 2 heterocycles. The van der Waals surface area contributed by atoms with Crippen LogP contribution in [0, 0.1) is 0 Å². The minimum absolute atomic E-state index is 0.00993. The second kappa shape index (κ2) is 9.20. The molecule has 2 aliphatic carbocycles. The zero-order chi connectivity index (χ0) is 25.5. The van der Waals surface area contributed by atoms with Gasteiger partial charge in [-0.3, -0.25) is 9.59 Å². The van der Waals surface area contributed by atoms with Crippen molar-refractivity contribution in [3.63, 3.8) is 0 Å². The number of fused-ring (bicyclic) bond motifs is 1. The summed E-state index contributed by atoms with van der Waals surface area (Å²) in [5, 5.41) is 10.3. The second-order valence-corrected chi connectivity index (χ2v) is 10.2. The Bertz CT molecular complexity index is 1340. The van der Waals surface area contributed by atoms with Crippen LogP contribution in [0.1, 0.15) is 39.0 Å². The van der Waals surface area contributed by atoms with Crippen LogP contribution in [0.5, 0.6) is 0 Å². The Balaban J connectivity index is 1.27. The maximum absolute atomic E-state index is 14.7. The summed E-state index contributed by atoms with van der Waals surface area (Å²) >= 11 is 6.45. The lowest BCUT2D eigenvalue weighted by atomic mass is 9.90. The summed E-state index contributed by atoms with van der Waals surface area (Å²) in [5.41, 5.74) is -0.835. The van der Waals surface area contributed by atoms with Crippen LogP contribution in [0.15, 0.2) is 49.3 Å². The molecule has 36 heavy (non-hydrogen) atoms. The Morgan fingerprint density at radius 3 is 2.78 bits per heavy atom. The van der Waals surface area contributed by atoms with Crippen LogP contribution < -0.4 is 16.0 Å². The van der Waals surface area contributed by atoms with Gasteiger partial charge in [0.2, 0.25) is 17.8 Å². The standard InChI is InChI=1S/C26H28ClFN6O2/c1-3-21(35)34-26(14-25(26,2)28)23(36)31-15-7-6-8-16(11-15)32-24-30-13-19(27)22(33-24)18-12-29-20-10-5-4-9-17(18)20/h3-5,9-10,12-13,15-16,29H,1,6-8,11,14H2,2H3,(H,31,36)(H,34,35)(H,30,32,33)/t15-,16+,25?,26?/m0/s1. The number of nitrogens with one attached hydrogen (secondary N) is 4. The molecule has 10 heteroatoms. The van der Waals surface area contributed by atoms with Gasteiger partial charge in [0.05, 0.1) is 16.9 Å². The normalized spacial score (nSPS) is 27.3. The zero-order valence-electron chi connectivity index (χ0n) is 19.9. The average molecular weight is 511 g/mol. The molecule has 2 fully saturated rings. The number of amides is 2. The van der Waals surface area contributed by atoms with Crippen LogP contribution in [-0.2, 0) is 9.59 Å². The number of benzene rings is 1. The summed E-state index contributed by atoms with van der Waals surface area (Å²) in [5.74, 6) is -0.622. The number of alkyl halides is 1. The number of para-hydroxylation sites is 1. The molecule has 2 aromatic heterocycles. The average Bonchev–Trinajstić information content (AvgIpc) is 3.20. The number of H-pyrrole nitrogens is 1. The summed E-state index contributed by atoms with van der Waals surface area (Å²) in [4.78, 5) is 37.1. The third kappa shape index (κ3) is 4.43. The quantitative estimate of drug-likeness (QED) is 0.354. The molecule has 4 N–H and O–H groups in total. The van der Waals surface area contributed by atoms with Crippen molar-refractivity contribution in [1.82, 2.24) is 25.6 Å². The number of carbonyl (C=O) groups excluding carboxylic acids is 2. The van der Waals surface area contributed by atoms with Gasteiger partial charge in [0.15, 0.2) is 5.54 Å². The van der Waals surface area contributed by atoms with Crippen LogP contribution in [0.2, 0.25) is 5.02 Å². The van der Waals surface area contributed by atoms with Gasteiger partial charge in [0.25, 0.3) is 0 Å². The molecular formula is C26H28ClFN6O2. The van der Waals surface area contributed by atoms with Gasteiger partial charge in [-0.25, -0.2) is 14.4 Å². The van der Waals surface area contributed by atoms with E-state index >= 15 is 0 Å². The Labute approximate surface area is 213 Å². The first-order chi connectivity index (χ1) is 17.2. The number of rotatable bonds is 7. The number of carbonyl (C=O) groups is 2. The highest BCUT2D eigenvalue weighted by Crippen LogP contribution is 2.51. The number of aromatic nitrogens is 3. The van der Waals surface area contributed by atoms with Crippen molar-refractivity contribution >= 4 is 40.3 Å². The molecule has 3 aromatic rings. The maximum Gasteiger partial charge on any atom is 0.249 e. The van der Waals surface area contributed by atoms with E-state index in [4.69, 9.17) is 11.6 Å². The van der Waals surface area contributed by atoms with E-state index in [-0.39, 0.29) is 18.5 Å². The molecule has 0 saturated heterocycles. The van der Waals surface area contributed by atoms with Crippen LogP contribution in [0.25, 0.3) is 22.2 Å². The molecular weight excluding hydrogens is 483 g/mol. The van der Waals surface area contributed by atoms with E-state index in [1.807, 2.05) is 30.5 Å². The van der Waals surface area contributed by atoms with Crippen LogP contribution in [-0.4, -0.2) is 50.1 Å². The Morgan fingerprint density at radius 2 is 2.03 bits per heavy atom. The highest BCUT2D eigenvalue weighted by atomic mass is 35.5. The maximum atomic E-state index is 14.7.